The van der Waals surface area contributed by atoms with Gasteiger partial charge in [0.2, 0.25) is 5.91 Å². The highest BCUT2D eigenvalue weighted by Crippen LogP contribution is 2.45. The van der Waals surface area contributed by atoms with Gasteiger partial charge in [-0.3, -0.25) is 10.1 Å². The predicted octanol–water partition coefficient (Wildman–Crippen LogP) is 4.37. The van der Waals surface area contributed by atoms with Crippen molar-refractivity contribution in [3.63, 3.8) is 0 Å². The predicted molar refractivity (Wildman–Crippen MR) is 142 cm³/mol. The van der Waals surface area contributed by atoms with Crippen LogP contribution in [0.15, 0.2) is 11.4 Å². The quantitative estimate of drug-likeness (QED) is 0.564. The molecule has 2 aliphatic rings. The van der Waals surface area contributed by atoms with Gasteiger partial charge in [-0.15, -0.1) is 11.3 Å². The number of ether oxygens (including phenoxy) is 2. The first-order valence-electron chi connectivity index (χ1n) is 12.5. The molecule has 0 spiro atoms. The van der Waals surface area contributed by atoms with E-state index in [2.05, 4.69) is 21.3 Å². The molecule has 1 aliphatic heterocycles. The van der Waals surface area contributed by atoms with E-state index in [1.165, 1.54) is 11.3 Å². The van der Waals surface area contributed by atoms with Crippen LogP contribution in [0.2, 0.25) is 0 Å². The van der Waals surface area contributed by atoms with Crippen molar-refractivity contribution in [2.24, 2.45) is 0 Å². The summed E-state index contributed by atoms with van der Waals surface area (Å²) in [4.78, 5) is 38.3. The molecule has 2 amide bonds. The number of anilines is 2. The summed E-state index contributed by atoms with van der Waals surface area (Å²) in [6.45, 7) is 9.62. The molecule has 2 aromatic rings. The molecular weight excluding hydrogens is 492 g/mol. The number of hydrogen-bond donors (Lipinski definition) is 1. The Bertz CT molecular complexity index is 1200. The van der Waals surface area contributed by atoms with Gasteiger partial charge in [0, 0.05) is 49.6 Å². The van der Waals surface area contributed by atoms with Gasteiger partial charge in [-0.05, 0) is 46.6 Å². The Morgan fingerprint density at radius 2 is 2.03 bits per heavy atom. The molecule has 4 rings (SSSR count). The normalized spacial score (nSPS) is 17.9. The van der Waals surface area contributed by atoms with Crippen molar-refractivity contribution in [3.8, 4) is 17.3 Å². The van der Waals surface area contributed by atoms with E-state index in [1.54, 1.807) is 27.9 Å². The highest BCUT2D eigenvalue weighted by atomic mass is 32.1. The van der Waals surface area contributed by atoms with Crippen LogP contribution >= 0.6 is 11.3 Å². The van der Waals surface area contributed by atoms with E-state index in [1.807, 2.05) is 23.3 Å². The fourth-order valence-electron chi connectivity index (χ4n) is 4.41. The zero-order chi connectivity index (χ0) is 26.7. The molecule has 1 aliphatic carbocycles. The maximum Gasteiger partial charge on any atom is 0.413 e. The topological polar surface area (TPSA) is 121 Å². The fraction of sp³-hybridized carbons (Fsp3) is 0.577. The molecular formula is C26H34N6O4S. The van der Waals surface area contributed by atoms with Crippen molar-refractivity contribution >= 4 is 34.3 Å². The van der Waals surface area contributed by atoms with E-state index in [0.717, 1.165) is 24.1 Å². The van der Waals surface area contributed by atoms with Gasteiger partial charge >= 0.3 is 6.09 Å². The number of hydrogen-bond acceptors (Lipinski definition) is 9. The number of nitriles is 1. The maximum atomic E-state index is 12.5. The summed E-state index contributed by atoms with van der Waals surface area (Å²) >= 11 is 1.30. The number of nitrogens with zero attached hydrogens (tertiary/aromatic N) is 5. The highest BCUT2D eigenvalue weighted by Gasteiger charge is 2.33. The maximum absolute atomic E-state index is 12.5. The van der Waals surface area contributed by atoms with Gasteiger partial charge in [0.25, 0.3) is 0 Å². The van der Waals surface area contributed by atoms with E-state index < -0.39 is 11.7 Å². The molecule has 11 heteroatoms. The third-order valence-corrected chi connectivity index (χ3v) is 7.03. The molecule has 1 saturated carbocycles. The Balaban J connectivity index is 1.56. The van der Waals surface area contributed by atoms with Gasteiger partial charge in [0.15, 0.2) is 5.13 Å². The molecule has 3 heterocycles. The molecule has 1 N–H and O–H groups in total. The lowest BCUT2D eigenvalue weighted by Crippen LogP contribution is -2.54. The number of methoxy groups -OCH3 is 1. The van der Waals surface area contributed by atoms with Gasteiger partial charge in [-0.2, -0.15) is 5.26 Å². The average Bonchev–Trinajstić information content (AvgIpc) is 3.59. The van der Waals surface area contributed by atoms with Crippen molar-refractivity contribution in [3.05, 3.63) is 22.7 Å². The van der Waals surface area contributed by atoms with Crippen LogP contribution in [-0.4, -0.2) is 71.9 Å². The van der Waals surface area contributed by atoms with Crippen molar-refractivity contribution in [1.82, 2.24) is 14.9 Å². The summed E-state index contributed by atoms with van der Waals surface area (Å²) in [5.74, 6) is 1.06. The van der Waals surface area contributed by atoms with Crippen molar-refractivity contribution < 1.29 is 19.1 Å². The lowest BCUT2D eigenvalue weighted by molar-refractivity contribution is -0.134. The molecule has 0 radical (unpaired) electrons. The van der Waals surface area contributed by atoms with E-state index in [0.29, 0.717) is 60.8 Å². The summed E-state index contributed by atoms with van der Waals surface area (Å²) in [5.41, 5.74) is 2.29. The molecule has 1 saturated heterocycles. The number of amides is 2. The molecule has 0 bridgehead atoms. The summed E-state index contributed by atoms with van der Waals surface area (Å²) in [5, 5.41) is 15.0. The summed E-state index contributed by atoms with van der Waals surface area (Å²) in [7, 11) is 1.59. The number of rotatable bonds is 7. The number of thiazole rings is 1. The molecule has 2 aromatic heterocycles. The molecule has 10 nitrogen and oxygen atoms in total. The second-order valence-corrected chi connectivity index (χ2v) is 11.3. The number of nitrogens with one attached hydrogen (secondary N) is 1. The molecule has 2 fully saturated rings. The smallest absolute Gasteiger partial charge is 0.413 e. The van der Waals surface area contributed by atoms with Crippen LogP contribution in [0.5, 0.6) is 0 Å². The second kappa shape index (κ2) is 11.0. The van der Waals surface area contributed by atoms with Crippen LogP contribution in [0.1, 0.15) is 64.1 Å². The molecule has 198 valence electrons. The van der Waals surface area contributed by atoms with Crippen LogP contribution in [0.4, 0.5) is 15.7 Å². The van der Waals surface area contributed by atoms with E-state index >= 15 is 0 Å². The van der Waals surface area contributed by atoms with Crippen molar-refractivity contribution in [2.75, 3.05) is 43.6 Å². The monoisotopic (exact) mass is 526 g/mol. The minimum Gasteiger partial charge on any atom is -0.444 e. The van der Waals surface area contributed by atoms with Gasteiger partial charge in [0.05, 0.1) is 30.0 Å². The van der Waals surface area contributed by atoms with Crippen LogP contribution in [0.25, 0.3) is 11.3 Å². The molecule has 0 aromatic carbocycles. The Hall–Kier alpha value is -3.23. The van der Waals surface area contributed by atoms with Crippen LogP contribution < -0.4 is 10.2 Å². The Morgan fingerprint density at radius 3 is 2.65 bits per heavy atom. The van der Waals surface area contributed by atoms with E-state index in [4.69, 9.17) is 14.5 Å². The Morgan fingerprint density at radius 1 is 1.27 bits per heavy atom. The van der Waals surface area contributed by atoms with E-state index in [-0.39, 0.29) is 11.9 Å². The van der Waals surface area contributed by atoms with Crippen LogP contribution in [-0.2, 0) is 14.3 Å². The molecule has 1 atom stereocenters. The first kappa shape index (κ1) is 26.8. The first-order valence-corrected chi connectivity index (χ1v) is 13.4. The summed E-state index contributed by atoms with van der Waals surface area (Å²) < 4.78 is 10.4. The third-order valence-electron chi connectivity index (χ3n) is 6.27. The minimum atomic E-state index is -0.606. The summed E-state index contributed by atoms with van der Waals surface area (Å²) in [6.07, 6.45) is 1.88. The fourth-order valence-corrected chi connectivity index (χ4v) is 5.11. The number of piperazine rings is 1. The molecule has 37 heavy (non-hydrogen) atoms. The average molecular weight is 527 g/mol. The molecule has 1 unspecified atom stereocenters. The van der Waals surface area contributed by atoms with Crippen LogP contribution in [0.3, 0.4) is 0 Å². The standard InChI is InChI=1S/C26H34N6O4S/c1-16-14-31(9-10-32(16)21(33)8-11-35-5)23-18(13-27)12-19(22(29-23)17-6-7-17)20-15-37-24(28-20)30-25(34)36-26(2,3)4/h12,15-17H,6-11,14H2,1-5H3,(H,28,30,34). The number of carbonyl (C=O) groups is 2. The second-order valence-electron chi connectivity index (χ2n) is 10.5. The van der Waals surface area contributed by atoms with E-state index in [9.17, 15) is 14.9 Å². The van der Waals surface area contributed by atoms with Gasteiger partial charge in [-0.25, -0.2) is 14.8 Å². The van der Waals surface area contributed by atoms with Crippen molar-refractivity contribution in [1.29, 1.82) is 5.26 Å². The number of carbonyl (C=O) groups excluding carboxylic acids is 2. The number of aromatic nitrogens is 2. The largest absolute Gasteiger partial charge is 0.444 e. The first-order chi connectivity index (χ1) is 17.6. The lowest BCUT2D eigenvalue weighted by atomic mass is 10.0. The summed E-state index contributed by atoms with van der Waals surface area (Å²) in [6, 6.07) is 4.18. The zero-order valence-electron chi connectivity index (χ0n) is 22.0. The lowest BCUT2D eigenvalue weighted by Gasteiger charge is -2.41. The van der Waals surface area contributed by atoms with Crippen molar-refractivity contribution in [2.45, 2.75) is 64.5 Å². The Labute approximate surface area is 221 Å². The Kier molecular flexibility index (Phi) is 7.99. The van der Waals surface area contributed by atoms with Gasteiger partial charge in [-0.1, -0.05) is 0 Å². The van der Waals surface area contributed by atoms with Gasteiger partial charge < -0.3 is 19.3 Å². The SMILES string of the molecule is COCCC(=O)N1CCN(c2nc(C3CC3)c(-c3csc(NC(=O)OC(C)(C)C)n3)cc2C#N)CC1C. The highest BCUT2D eigenvalue weighted by molar-refractivity contribution is 7.14. The minimum absolute atomic E-state index is 0.00414. The number of pyridine rings is 1. The zero-order valence-corrected chi connectivity index (χ0v) is 22.9. The van der Waals surface area contributed by atoms with Crippen LogP contribution in [0, 0.1) is 11.3 Å². The van der Waals surface area contributed by atoms with Gasteiger partial charge in [0.1, 0.15) is 17.5 Å². The third kappa shape index (κ3) is 6.56.